The summed E-state index contributed by atoms with van der Waals surface area (Å²) in [7, 11) is 2.15. The number of hydrogen-bond donors (Lipinski definition) is 1. The zero-order valence-electron chi connectivity index (χ0n) is 20.0. The Hall–Kier alpha value is -2.86. The summed E-state index contributed by atoms with van der Waals surface area (Å²) < 4.78 is 19.7. The minimum Gasteiger partial charge on any atom is -0.420 e. The smallest absolute Gasteiger partial charge is 0.322 e. The van der Waals surface area contributed by atoms with Crippen LogP contribution < -0.4 is 10.1 Å². The average Bonchev–Trinajstić information content (AvgIpc) is 3.32. The Morgan fingerprint density at radius 2 is 2.00 bits per heavy atom. The number of benzene rings is 1. The molecule has 0 amide bonds. The first-order valence-corrected chi connectivity index (χ1v) is 12.9. The molecule has 2 aliphatic heterocycles. The van der Waals surface area contributed by atoms with Crippen molar-refractivity contribution in [1.82, 2.24) is 29.7 Å². The molecule has 36 heavy (non-hydrogen) atoms. The number of piperazine rings is 1. The number of amidine groups is 1. The molecule has 1 N–H and O–H groups in total. The van der Waals surface area contributed by atoms with E-state index in [0.717, 1.165) is 49.3 Å². The van der Waals surface area contributed by atoms with Crippen molar-refractivity contribution in [3.05, 3.63) is 64.6 Å². The Labute approximate surface area is 218 Å². The molecule has 1 aromatic carbocycles. The van der Waals surface area contributed by atoms with Gasteiger partial charge in [0.05, 0.1) is 40.6 Å². The maximum atomic E-state index is 14.1. The number of nitrogens with zero attached hydrogens (tertiary/aromatic N) is 7. The molecule has 188 valence electrons. The molecular weight excluding hydrogens is 503 g/mol. The Morgan fingerprint density at radius 1 is 1.17 bits per heavy atom. The van der Waals surface area contributed by atoms with Crippen LogP contribution in [0.3, 0.4) is 0 Å². The van der Waals surface area contributed by atoms with Gasteiger partial charge in [0.25, 0.3) is 0 Å². The highest BCUT2D eigenvalue weighted by Gasteiger charge is 2.25. The molecule has 5 rings (SSSR count). The SMILES string of the molecule is Cc1cc(C2CN=C(Nc3cnc(CN4CCN(C)CC4)cn3)S2)nc(Oc2c(F)cccc2Cl)n1. The Kier molecular flexibility index (Phi) is 7.61. The maximum absolute atomic E-state index is 14.1. The van der Waals surface area contributed by atoms with Crippen molar-refractivity contribution in [2.45, 2.75) is 18.7 Å². The van der Waals surface area contributed by atoms with E-state index >= 15 is 0 Å². The number of nitrogens with one attached hydrogen (secondary N) is 1. The van der Waals surface area contributed by atoms with Gasteiger partial charge in [0, 0.05) is 38.4 Å². The monoisotopic (exact) mass is 528 g/mol. The number of rotatable bonds is 6. The molecule has 0 aliphatic carbocycles. The average molecular weight is 529 g/mol. The van der Waals surface area contributed by atoms with Crippen molar-refractivity contribution in [3.8, 4) is 11.8 Å². The molecule has 1 atom stereocenters. The topological polar surface area (TPSA) is 91.7 Å². The first-order chi connectivity index (χ1) is 17.4. The first-order valence-electron chi connectivity index (χ1n) is 11.6. The predicted octanol–water partition coefficient (Wildman–Crippen LogP) is 4.16. The summed E-state index contributed by atoms with van der Waals surface area (Å²) in [5, 5.41) is 4.08. The second-order valence-electron chi connectivity index (χ2n) is 8.72. The second kappa shape index (κ2) is 11.0. The number of anilines is 1. The lowest BCUT2D eigenvalue weighted by Gasteiger charge is -2.31. The number of aryl methyl sites for hydroxylation is 1. The number of hydrogen-bond acceptors (Lipinski definition) is 10. The first kappa shape index (κ1) is 24.8. The van der Waals surface area contributed by atoms with Gasteiger partial charge in [-0.25, -0.2) is 14.4 Å². The Morgan fingerprint density at radius 3 is 2.75 bits per heavy atom. The normalized spacial score (nSPS) is 18.8. The van der Waals surface area contributed by atoms with Crippen LogP contribution in [0.4, 0.5) is 10.2 Å². The molecule has 12 heteroatoms. The molecule has 0 spiro atoms. The van der Waals surface area contributed by atoms with E-state index in [-0.39, 0.29) is 22.0 Å². The molecule has 1 fully saturated rings. The highest BCUT2D eigenvalue weighted by molar-refractivity contribution is 8.14. The zero-order chi connectivity index (χ0) is 25.1. The number of aliphatic imine (C=N–C) groups is 1. The standard InChI is InChI=1S/C24H26ClFN8OS/c1-15-10-19(31-23(30-15)35-22-17(25)4-3-5-18(22)26)20-12-29-24(36-20)32-21-13-27-16(11-28-21)14-34-8-6-33(2)7-9-34/h3-5,10-11,13,20H,6-9,12,14H2,1-2H3,(H,28,29,32). The van der Waals surface area contributed by atoms with Gasteiger partial charge in [-0.3, -0.25) is 14.9 Å². The summed E-state index contributed by atoms with van der Waals surface area (Å²) in [6.45, 7) is 7.38. The second-order valence-corrected chi connectivity index (χ2v) is 10.3. The predicted molar refractivity (Wildman–Crippen MR) is 139 cm³/mol. The van der Waals surface area contributed by atoms with Crippen molar-refractivity contribution in [2.24, 2.45) is 4.99 Å². The molecule has 0 radical (unpaired) electrons. The van der Waals surface area contributed by atoms with Crippen LogP contribution in [0, 0.1) is 12.7 Å². The highest BCUT2D eigenvalue weighted by Crippen LogP contribution is 2.36. The molecule has 0 bridgehead atoms. The molecule has 2 aliphatic rings. The van der Waals surface area contributed by atoms with E-state index in [9.17, 15) is 4.39 Å². The quantitative estimate of drug-likeness (QED) is 0.506. The molecule has 4 heterocycles. The fourth-order valence-corrected chi connectivity index (χ4v) is 5.06. The van der Waals surface area contributed by atoms with Crippen LogP contribution in [0.1, 0.15) is 22.3 Å². The van der Waals surface area contributed by atoms with Crippen LogP contribution in [0.25, 0.3) is 0 Å². The zero-order valence-corrected chi connectivity index (χ0v) is 21.6. The van der Waals surface area contributed by atoms with Crippen LogP contribution in [-0.4, -0.2) is 74.7 Å². The Balaban J connectivity index is 1.19. The van der Waals surface area contributed by atoms with Crippen LogP contribution in [0.15, 0.2) is 41.7 Å². The van der Waals surface area contributed by atoms with Crippen LogP contribution in [0.5, 0.6) is 11.8 Å². The van der Waals surface area contributed by atoms with Crippen LogP contribution in [-0.2, 0) is 6.54 Å². The lowest BCUT2D eigenvalue weighted by molar-refractivity contribution is 0.147. The molecule has 0 saturated carbocycles. The summed E-state index contributed by atoms with van der Waals surface area (Å²) in [6.07, 6.45) is 3.55. The van der Waals surface area contributed by atoms with Crippen molar-refractivity contribution >= 4 is 34.3 Å². The van der Waals surface area contributed by atoms with Gasteiger partial charge in [-0.1, -0.05) is 29.4 Å². The summed E-state index contributed by atoms with van der Waals surface area (Å²) >= 11 is 7.61. The number of para-hydroxylation sites is 1. The number of likely N-dealkylation sites (N-methyl/N-ethyl adjacent to an activating group) is 1. The van der Waals surface area contributed by atoms with Gasteiger partial charge in [0.15, 0.2) is 16.7 Å². The summed E-state index contributed by atoms with van der Waals surface area (Å²) in [6, 6.07) is 6.26. The number of halogens is 2. The van der Waals surface area contributed by atoms with E-state index in [1.807, 2.05) is 19.2 Å². The largest absolute Gasteiger partial charge is 0.420 e. The molecule has 2 aromatic heterocycles. The summed E-state index contributed by atoms with van der Waals surface area (Å²) in [5.74, 6) is -0.0287. The number of ether oxygens (including phenoxy) is 1. The van der Waals surface area contributed by atoms with Gasteiger partial charge in [0.2, 0.25) is 0 Å². The molecule has 3 aromatic rings. The van der Waals surface area contributed by atoms with Crippen LogP contribution in [0.2, 0.25) is 5.02 Å². The van der Waals surface area contributed by atoms with Gasteiger partial charge in [-0.2, -0.15) is 4.98 Å². The minimum atomic E-state index is -0.574. The fraction of sp³-hybridized carbons (Fsp3) is 0.375. The third kappa shape index (κ3) is 6.09. The highest BCUT2D eigenvalue weighted by atomic mass is 35.5. The van der Waals surface area contributed by atoms with Crippen molar-refractivity contribution in [3.63, 3.8) is 0 Å². The number of aromatic nitrogens is 4. The van der Waals surface area contributed by atoms with Gasteiger partial charge >= 0.3 is 6.01 Å². The molecule has 1 saturated heterocycles. The summed E-state index contributed by atoms with van der Waals surface area (Å²) in [4.78, 5) is 27.2. The lowest BCUT2D eigenvalue weighted by atomic mass is 10.2. The minimum absolute atomic E-state index is 0.0424. The maximum Gasteiger partial charge on any atom is 0.322 e. The van der Waals surface area contributed by atoms with E-state index in [0.29, 0.717) is 18.1 Å². The van der Waals surface area contributed by atoms with Gasteiger partial charge in [0.1, 0.15) is 5.82 Å². The molecule has 9 nitrogen and oxygen atoms in total. The third-order valence-corrected chi connectivity index (χ3v) is 7.30. The fourth-order valence-electron chi connectivity index (χ4n) is 3.89. The van der Waals surface area contributed by atoms with Gasteiger partial charge in [-0.05, 0) is 32.2 Å². The van der Waals surface area contributed by atoms with E-state index < -0.39 is 5.82 Å². The lowest BCUT2D eigenvalue weighted by Crippen LogP contribution is -2.44. The van der Waals surface area contributed by atoms with E-state index in [4.69, 9.17) is 16.3 Å². The van der Waals surface area contributed by atoms with E-state index in [1.54, 1.807) is 12.3 Å². The van der Waals surface area contributed by atoms with E-state index in [1.165, 1.54) is 23.9 Å². The third-order valence-electron chi connectivity index (χ3n) is 5.87. The molecular formula is C24H26ClFN8OS. The van der Waals surface area contributed by atoms with Gasteiger partial charge < -0.3 is 15.0 Å². The van der Waals surface area contributed by atoms with Crippen molar-refractivity contribution < 1.29 is 9.13 Å². The van der Waals surface area contributed by atoms with Crippen LogP contribution >= 0.6 is 23.4 Å². The summed E-state index contributed by atoms with van der Waals surface area (Å²) in [5.41, 5.74) is 2.39. The van der Waals surface area contributed by atoms with Crippen molar-refractivity contribution in [1.29, 1.82) is 0 Å². The van der Waals surface area contributed by atoms with Crippen molar-refractivity contribution in [2.75, 3.05) is 45.1 Å². The molecule has 1 unspecified atom stereocenters. The van der Waals surface area contributed by atoms with Gasteiger partial charge in [-0.15, -0.1) is 0 Å². The number of thioether (sulfide) groups is 1. The Bertz CT molecular complexity index is 1230. The van der Waals surface area contributed by atoms with E-state index in [2.05, 4.69) is 47.1 Å².